The van der Waals surface area contributed by atoms with E-state index in [-0.39, 0.29) is 0 Å². The van der Waals surface area contributed by atoms with Crippen LogP contribution in [-0.4, -0.2) is 26.2 Å². The number of nitrogens with zero attached hydrogens (tertiary/aromatic N) is 1. The first kappa shape index (κ1) is 16.4. The van der Waals surface area contributed by atoms with Crippen LogP contribution < -0.4 is 10.2 Å². The fraction of sp³-hybridized carbons (Fsp3) is 0.684. The molecule has 0 bridgehead atoms. The predicted molar refractivity (Wildman–Crippen MR) is 92.9 cm³/mol. The average Bonchev–Trinajstić information content (AvgIpc) is 2.52. The zero-order valence-electron chi connectivity index (χ0n) is 14.1. The number of hydrogen-bond acceptors (Lipinski definition) is 2. The number of hydrogen-bond donors (Lipinski definition) is 1. The molecule has 0 aromatic heterocycles. The SMILES string of the molecule is CCNCC1(CN(CC)c2ccccc2)CCCC(C)C1. The van der Waals surface area contributed by atoms with Crippen LogP contribution >= 0.6 is 0 Å². The summed E-state index contributed by atoms with van der Waals surface area (Å²) in [5, 5.41) is 3.63. The maximum atomic E-state index is 3.63. The van der Waals surface area contributed by atoms with Gasteiger partial charge in [-0.25, -0.2) is 0 Å². The smallest absolute Gasteiger partial charge is 0.0366 e. The topological polar surface area (TPSA) is 15.3 Å². The van der Waals surface area contributed by atoms with Gasteiger partial charge in [-0.05, 0) is 44.4 Å². The molecule has 0 radical (unpaired) electrons. The van der Waals surface area contributed by atoms with E-state index in [0.29, 0.717) is 5.41 Å². The summed E-state index contributed by atoms with van der Waals surface area (Å²) in [6.45, 7) is 11.4. The van der Waals surface area contributed by atoms with Crippen molar-refractivity contribution >= 4 is 5.69 Å². The van der Waals surface area contributed by atoms with Crippen molar-refractivity contribution in [1.29, 1.82) is 0 Å². The van der Waals surface area contributed by atoms with Gasteiger partial charge in [-0.2, -0.15) is 0 Å². The van der Waals surface area contributed by atoms with Gasteiger partial charge in [-0.15, -0.1) is 0 Å². The van der Waals surface area contributed by atoms with Crippen LogP contribution in [0.1, 0.15) is 46.5 Å². The molecule has 1 aromatic carbocycles. The largest absolute Gasteiger partial charge is 0.371 e. The molecule has 1 fully saturated rings. The molecule has 1 aliphatic rings. The summed E-state index contributed by atoms with van der Waals surface area (Å²) in [4.78, 5) is 2.56. The zero-order valence-corrected chi connectivity index (χ0v) is 14.1. The van der Waals surface area contributed by atoms with Crippen molar-refractivity contribution < 1.29 is 0 Å². The number of nitrogens with one attached hydrogen (secondary N) is 1. The number of benzene rings is 1. The normalized spacial score (nSPS) is 25.8. The summed E-state index contributed by atoms with van der Waals surface area (Å²) < 4.78 is 0. The molecule has 1 saturated carbocycles. The third kappa shape index (κ3) is 4.47. The highest BCUT2D eigenvalue weighted by Crippen LogP contribution is 2.40. The lowest BCUT2D eigenvalue weighted by molar-refractivity contribution is 0.148. The summed E-state index contributed by atoms with van der Waals surface area (Å²) in [7, 11) is 0. The first-order chi connectivity index (χ1) is 10.2. The molecule has 1 aromatic rings. The molecule has 2 nitrogen and oxygen atoms in total. The van der Waals surface area contributed by atoms with Gasteiger partial charge in [0, 0.05) is 30.7 Å². The Bertz CT molecular complexity index is 403. The number of rotatable bonds is 7. The molecular weight excluding hydrogens is 256 g/mol. The van der Waals surface area contributed by atoms with Gasteiger partial charge in [0.15, 0.2) is 0 Å². The van der Waals surface area contributed by atoms with Crippen LogP contribution in [-0.2, 0) is 0 Å². The summed E-state index contributed by atoms with van der Waals surface area (Å²) in [5.41, 5.74) is 1.81. The van der Waals surface area contributed by atoms with Gasteiger partial charge in [0.1, 0.15) is 0 Å². The molecular formula is C19H32N2. The standard InChI is InChI=1S/C19H32N2/c1-4-20-15-19(13-9-10-17(3)14-19)16-21(5-2)18-11-7-6-8-12-18/h6-8,11-12,17,20H,4-5,9-10,13-16H2,1-3H3. The summed E-state index contributed by atoms with van der Waals surface area (Å²) in [6, 6.07) is 10.9. The molecule has 118 valence electrons. The second kappa shape index (κ2) is 7.84. The molecule has 0 amide bonds. The first-order valence-corrected chi connectivity index (χ1v) is 8.70. The van der Waals surface area contributed by atoms with Crippen LogP contribution in [0, 0.1) is 11.3 Å². The van der Waals surface area contributed by atoms with Gasteiger partial charge in [-0.1, -0.05) is 44.9 Å². The first-order valence-electron chi connectivity index (χ1n) is 8.70. The molecule has 0 spiro atoms. The van der Waals surface area contributed by atoms with Gasteiger partial charge in [0.25, 0.3) is 0 Å². The highest BCUT2D eigenvalue weighted by Gasteiger charge is 2.36. The minimum atomic E-state index is 0.444. The maximum absolute atomic E-state index is 3.63. The van der Waals surface area contributed by atoms with E-state index < -0.39 is 0 Å². The Hall–Kier alpha value is -1.02. The van der Waals surface area contributed by atoms with Gasteiger partial charge in [-0.3, -0.25) is 0 Å². The fourth-order valence-corrected chi connectivity index (χ4v) is 3.95. The Morgan fingerprint density at radius 2 is 2.00 bits per heavy atom. The van der Waals surface area contributed by atoms with Crippen molar-refractivity contribution in [3.05, 3.63) is 30.3 Å². The number of anilines is 1. The molecule has 0 aliphatic heterocycles. The van der Waals surface area contributed by atoms with Crippen LogP contribution in [0.2, 0.25) is 0 Å². The minimum Gasteiger partial charge on any atom is -0.371 e. The van der Waals surface area contributed by atoms with Crippen molar-refractivity contribution in [2.75, 3.05) is 31.1 Å². The summed E-state index contributed by atoms with van der Waals surface area (Å²) in [6.07, 6.45) is 5.53. The van der Waals surface area contributed by atoms with Crippen LogP contribution in [0.25, 0.3) is 0 Å². The lowest BCUT2D eigenvalue weighted by Gasteiger charge is -2.44. The van der Waals surface area contributed by atoms with Gasteiger partial charge >= 0.3 is 0 Å². The highest BCUT2D eigenvalue weighted by molar-refractivity contribution is 5.46. The second-order valence-corrected chi connectivity index (χ2v) is 6.83. The highest BCUT2D eigenvalue weighted by atomic mass is 15.1. The Labute approximate surface area is 130 Å². The Balaban J connectivity index is 2.12. The Morgan fingerprint density at radius 1 is 1.24 bits per heavy atom. The van der Waals surface area contributed by atoms with Crippen molar-refractivity contribution in [3.63, 3.8) is 0 Å². The molecule has 1 aliphatic carbocycles. The van der Waals surface area contributed by atoms with E-state index in [4.69, 9.17) is 0 Å². The second-order valence-electron chi connectivity index (χ2n) is 6.83. The molecule has 1 N–H and O–H groups in total. The van der Waals surface area contributed by atoms with E-state index in [1.807, 2.05) is 0 Å². The van der Waals surface area contributed by atoms with Gasteiger partial charge < -0.3 is 10.2 Å². The van der Waals surface area contributed by atoms with E-state index in [1.165, 1.54) is 37.9 Å². The van der Waals surface area contributed by atoms with E-state index in [1.54, 1.807) is 0 Å². The van der Waals surface area contributed by atoms with Crippen LogP contribution in [0.5, 0.6) is 0 Å². The van der Waals surface area contributed by atoms with Crippen molar-refractivity contribution in [2.24, 2.45) is 11.3 Å². The third-order valence-corrected chi connectivity index (χ3v) is 4.96. The molecule has 21 heavy (non-hydrogen) atoms. The number of para-hydroxylation sites is 1. The molecule has 0 saturated heterocycles. The lowest BCUT2D eigenvalue weighted by Crippen LogP contribution is -2.46. The van der Waals surface area contributed by atoms with Crippen LogP contribution in [0.15, 0.2) is 30.3 Å². The monoisotopic (exact) mass is 288 g/mol. The summed E-state index contributed by atoms with van der Waals surface area (Å²) in [5.74, 6) is 0.867. The summed E-state index contributed by atoms with van der Waals surface area (Å²) >= 11 is 0. The van der Waals surface area contributed by atoms with Gasteiger partial charge in [0.2, 0.25) is 0 Å². The fourth-order valence-electron chi connectivity index (χ4n) is 3.95. The predicted octanol–water partition coefficient (Wildman–Crippen LogP) is 4.32. The van der Waals surface area contributed by atoms with E-state index >= 15 is 0 Å². The molecule has 2 atom stereocenters. The van der Waals surface area contributed by atoms with Crippen LogP contribution in [0.3, 0.4) is 0 Å². The Morgan fingerprint density at radius 3 is 2.62 bits per heavy atom. The minimum absolute atomic E-state index is 0.444. The van der Waals surface area contributed by atoms with Crippen molar-refractivity contribution in [1.82, 2.24) is 5.32 Å². The quantitative estimate of drug-likeness (QED) is 0.804. The zero-order chi connectivity index (χ0) is 15.1. The van der Waals surface area contributed by atoms with Gasteiger partial charge in [0.05, 0.1) is 0 Å². The maximum Gasteiger partial charge on any atom is 0.0366 e. The Kier molecular flexibility index (Phi) is 6.10. The molecule has 2 heteroatoms. The van der Waals surface area contributed by atoms with E-state index in [2.05, 4.69) is 61.3 Å². The van der Waals surface area contributed by atoms with E-state index in [0.717, 1.165) is 25.6 Å². The molecule has 2 unspecified atom stereocenters. The van der Waals surface area contributed by atoms with Crippen molar-refractivity contribution in [3.8, 4) is 0 Å². The molecule has 0 heterocycles. The third-order valence-electron chi connectivity index (χ3n) is 4.96. The van der Waals surface area contributed by atoms with E-state index in [9.17, 15) is 0 Å². The lowest BCUT2D eigenvalue weighted by atomic mass is 9.69. The van der Waals surface area contributed by atoms with Crippen LogP contribution in [0.4, 0.5) is 5.69 Å². The molecule has 2 rings (SSSR count). The average molecular weight is 288 g/mol. The van der Waals surface area contributed by atoms with Crippen molar-refractivity contribution in [2.45, 2.75) is 46.5 Å².